The number of rotatable bonds is 6. The van der Waals surface area contributed by atoms with E-state index in [0.29, 0.717) is 43.2 Å². The Hall–Kier alpha value is -3.24. The molecule has 0 radical (unpaired) electrons. The quantitative estimate of drug-likeness (QED) is 0.630. The minimum absolute atomic E-state index is 0.0229. The van der Waals surface area contributed by atoms with Crippen LogP contribution in [0.15, 0.2) is 36.9 Å². The summed E-state index contributed by atoms with van der Waals surface area (Å²) >= 11 is 0. The van der Waals surface area contributed by atoms with Crippen LogP contribution in [0.3, 0.4) is 0 Å². The molecule has 0 bridgehead atoms. The topological polar surface area (TPSA) is 109 Å². The van der Waals surface area contributed by atoms with Crippen molar-refractivity contribution in [3.8, 4) is 5.75 Å². The summed E-state index contributed by atoms with van der Waals surface area (Å²) < 4.78 is 12.0. The molecule has 196 valence electrons. The molecule has 2 heterocycles. The van der Waals surface area contributed by atoms with Gasteiger partial charge in [0.2, 0.25) is 0 Å². The minimum Gasteiger partial charge on any atom is -0.491 e. The molecule has 0 saturated carbocycles. The second-order valence-electron chi connectivity index (χ2n) is 9.37. The molecule has 3 rings (SSSR count). The van der Waals surface area contributed by atoms with Gasteiger partial charge < -0.3 is 25.0 Å². The number of aromatic nitrogens is 2. The molecule has 0 aliphatic carbocycles. The summed E-state index contributed by atoms with van der Waals surface area (Å²) in [6, 6.07) is 4.85. The number of methoxy groups -OCH3 is 1. The first-order valence-electron chi connectivity index (χ1n) is 12.4. The Morgan fingerprint density at radius 1 is 1.22 bits per heavy atom. The van der Waals surface area contributed by atoms with Crippen LogP contribution in [0, 0.1) is 5.92 Å². The molecule has 36 heavy (non-hydrogen) atoms. The van der Waals surface area contributed by atoms with Crippen molar-refractivity contribution in [3.63, 3.8) is 0 Å². The number of carbonyl (C=O) groups excluding carboxylic acids is 2. The molecule has 2 N–H and O–H groups in total. The molecule has 3 amide bonds. The monoisotopic (exact) mass is 498 g/mol. The zero-order valence-electron chi connectivity index (χ0n) is 21.9. The minimum atomic E-state index is -0.296. The summed E-state index contributed by atoms with van der Waals surface area (Å²) in [4.78, 5) is 37.8. The number of hydrogen-bond donors (Lipinski definition) is 2. The van der Waals surface area contributed by atoms with Gasteiger partial charge >= 0.3 is 6.03 Å². The fourth-order valence-electron chi connectivity index (χ4n) is 4.20. The van der Waals surface area contributed by atoms with Crippen LogP contribution in [0.4, 0.5) is 10.5 Å². The average Bonchev–Trinajstić information content (AvgIpc) is 2.88. The van der Waals surface area contributed by atoms with Crippen LogP contribution in [-0.4, -0.2) is 84.3 Å². The van der Waals surface area contributed by atoms with E-state index in [0.717, 1.165) is 18.5 Å². The molecule has 1 aromatic heterocycles. The summed E-state index contributed by atoms with van der Waals surface area (Å²) in [6.45, 7) is 8.99. The predicted octanol–water partition coefficient (Wildman–Crippen LogP) is 3.01. The molecule has 0 unspecified atom stereocenters. The van der Waals surface area contributed by atoms with Crippen molar-refractivity contribution in [2.24, 2.45) is 5.92 Å². The van der Waals surface area contributed by atoms with E-state index in [4.69, 9.17) is 9.47 Å². The normalized spacial score (nSPS) is 21.5. The highest BCUT2D eigenvalue weighted by molar-refractivity contribution is 5.98. The number of fused-ring (bicyclic) bond motifs is 1. The van der Waals surface area contributed by atoms with Crippen molar-refractivity contribution in [1.29, 1.82) is 0 Å². The van der Waals surface area contributed by atoms with Gasteiger partial charge in [-0.3, -0.25) is 9.69 Å². The predicted molar refractivity (Wildman–Crippen MR) is 138 cm³/mol. The number of amides is 3. The van der Waals surface area contributed by atoms with Crippen LogP contribution < -0.4 is 15.4 Å². The number of nitrogens with one attached hydrogen (secondary N) is 2. The highest BCUT2D eigenvalue weighted by Crippen LogP contribution is 2.27. The van der Waals surface area contributed by atoms with Crippen molar-refractivity contribution in [2.45, 2.75) is 45.9 Å². The molecule has 2 aromatic rings. The number of carbonyl (C=O) groups is 2. The maximum atomic E-state index is 13.3. The fraction of sp³-hybridized carbons (Fsp3) is 0.538. The number of hydrogen-bond acceptors (Lipinski definition) is 7. The number of ether oxygens (including phenoxy) is 2. The summed E-state index contributed by atoms with van der Waals surface area (Å²) in [5.41, 5.74) is 2.00. The molecule has 1 aromatic carbocycles. The lowest BCUT2D eigenvalue weighted by atomic mass is 10.0. The Balaban J connectivity index is 1.90. The maximum absolute atomic E-state index is 13.3. The molecule has 10 nitrogen and oxygen atoms in total. The smallest absolute Gasteiger partial charge is 0.319 e. The molecule has 1 aliphatic rings. The first-order valence-corrected chi connectivity index (χ1v) is 12.4. The van der Waals surface area contributed by atoms with E-state index in [9.17, 15) is 9.59 Å². The van der Waals surface area contributed by atoms with E-state index in [1.807, 2.05) is 19.3 Å². The largest absolute Gasteiger partial charge is 0.491 e. The van der Waals surface area contributed by atoms with Gasteiger partial charge in [0.1, 0.15) is 18.7 Å². The lowest BCUT2D eigenvalue weighted by Crippen LogP contribution is -2.46. The van der Waals surface area contributed by atoms with E-state index < -0.39 is 0 Å². The van der Waals surface area contributed by atoms with Gasteiger partial charge in [-0.05, 0) is 31.4 Å². The van der Waals surface area contributed by atoms with Crippen molar-refractivity contribution >= 4 is 17.6 Å². The molecular formula is C26H38N6O4. The molecule has 10 heteroatoms. The van der Waals surface area contributed by atoms with Crippen LogP contribution in [0.25, 0.3) is 0 Å². The maximum Gasteiger partial charge on any atom is 0.319 e. The Morgan fingerprint density at radius 2 is 1.97 bits per heavy atom. The van der Waals surface area contributed by atoms with Crippen LogP contribution in [0.5, 0.6) is 5.75 Å². The van der Waals surface area contributed by atoms with Crippen LogP contribution >= 0.6 is 0 Å². The van der Waals surface area contributed by atoms with E-state index in [-0.39, 0.29) is 30.0 Å². The van der Waals surface area contributed by atoms with Gasteiger partial charge in [0.25, 0.3) is 5.91 Å². The lowest BCUT2D eigenvalue weighted by molar-refractivity contribution is 0.00918. The third-order valence-electron chi connectivity index (χ3n) is 6.37. The molecule has 0 saturated heterocycles. The second kappa shape index (κ2) is 13.2. The molecule has 0 fully saturated rings. The number of nitrogens with zero attached hydrogens (tertiary/aromatic N) is 4. The van der Waals surface area contributed by atoms with Gasteiger partial charge in [-0.2, -0.15) is 0 Å². The van der Waals surface area contributed by atoms with Gasteiger partial charge in [-0.25, -0.2) is 14.8 Å². The summed E-state index contributed by atoms with van der Waals surface area (Å²) in [7, 11) is 3.45. The zero-order valence-corrected chi connectivity index (χ0v) is 21.9. The van der Waals surface area contributed by atoms with Gasteiger partial charge in [0, 0.05) is 76.1 Å². The Morgan fingerprint density at radius 3 is 2.67 bits per heavy atom. The van der Waals surface area contributed by atoms with E-state index in [1.54, 1.807) is 37.3 Å². The van der Waals surface area contributed by atoms with Crippen LogP contribution in [-0.2, 0) is 11.3 Å². The zero-order chi connectivity index (χ0) is 26.1. The van der Waals surface area contributed by atoms with Crippen LogP contribution in [0.2, 0.25) is 0 Å². The first-order chi connectivity index (χ1) is 17.3. The van der Waals surface area contributed by atoms with Crippen molar-refractivity contribution in [2.75, 3.05) is 45.7 Å². The lowest BCUT2D eigenvalue weighted by Gasteiger charge is -2.36. The van der Waals surface area contributed by atoms with Crippen molar-refractivity contribution < 1.29 is 19.1 Å². The van der Waals surface area contributed by atoms with Gasteiger partial charge in [0.15, 0.2) is 0 Å². The highest BCUT2D eigenvalue weighted by Gasteiger charge is 2.28. The highest BCUT2D eigenvalue weighted by atomic mass is 16.5. The molecule has 0 spiro atoms. The molecule has 3 atom stereocenters. The van der Waals surface area contributed by atoms with Gasteiger partial charge in [-0.15, -0.1) is 0 Å². The van der Waals surface area contributed by atoms with Crippen molar-refractivity contribution in [1.82, 2.24) is 25.1 Å². The van der Waals surface area contributed by atoms with Crippen LogP contribution in [0.1, 0.15) is 43.1 Å². The first kappa shape index (κ1) is 27.3. The Labute approximate surface area is 213 Å². The third-order valence-corrected chi connectivity index (χ3v) is 6.37. The van der Waals surface area contributed by atoms with Gasteiger partial charge in [-0.1, -0.05) is 13.8 Å². The average molecular weight is 499 g/mol. The summed E-state index contributed by atoms with van der Waals surface area (Å²) in [5, 5.41) is 5.60. The SMILES string of the molecule is CCCNC(=O)Nc1ccc2c(c1)OC[C@@H](C)N(Cc1cncnc1)C[C@@H](C)[C@H](OC)CN(C)C2=O. The number of likely N-dealkylation sites (N-methyl/N-ethyl adjacent to an activating group) is 1. The summed E-state index contributed by atoms with van der Waals surface area (Å²) in [6.07, 6.45) is 5.85. The number of anilines is 1. The van der Waals surface area contributed by atoms with Gasteiger partial charge in [0.05, 0.1) is 11.7 Å². The van der Waals surface area contributed by atoms with E-state index >= 15 is 0 Å². The number of urea groups is 1. The second-order valence-corrected chi connectivity index (χ2v) is 9.37. The summed E-state index contributed by atoms with van der Waals surface area (Å²) in [5.74, 6) is 0.426. The molecular weight excluding hydrogens is 460 g/mol. The number of benzene rings is 1. The Bertz CT molecular complexity index is 1010. The fourth-order valence-corrected chi connectivity index (χ4v) is 4.20. The van der Waals surface area contributed by atoms with E-state index in [2.05, 4.69) is 39.3 Å². The van der Waals surface area contributed by atoms with E-state index in [1.165, 1.54) is 6.33 Å². The third kappa shape index (κ3) is 7.38. The molecule has 1 aliphatic heterocycles. The van der Waals surface area contributed by atoms with Crippen molar-refractivity contribution in [3.05, 3.63) is 48.0 Å². The standard InChI is InChI=1S/C26H38N6O4/c1-6-9-29-26(34)30-21-7-8-22-23(10-21)36-16-19(3)32(14-20-11-27-17-28-12-20)13-18(2)24(35-5)15-31(4)25(22)33/h7-8,10-12,17-19,24H,6,9,13-16H2,1-5H3,(H2,29,30,34)/t18-,19-,24-/m1/s1. The Kier molecular flexibility index (Phi) is 10.0.